The number of carbonyl (C=O) groups is 3. The van der Waals surface area contributed by atoms with E-state index in [1.807, 2.05) is 0 Å². The van der Waals surface area contributed by atoms with Gasteiger partial charge in [-0.05, 0) is 5.76 Å². The molecule has 0 saturated heterocycles. The zero-order chi connectivity index (χ0) is 12.0. The molecule has 82 valence electrons. The van der Waals surface area contributed by atoms with E-state index in [1.165, 1.54) is 0 Å². The van der Waals surface area contributed by atoms with Crippen molar-refractivity contribution in [3.05, 3.63) is 23.5 Å². The third-order valence-electron chi connectivity index (χ3n) is 1.21. The maximum Gasteiger partial charge on any atom is 0.331 e. The van der Waals surface area contributed by atoms with Crippen LogP contribution in [0.15, 0.2) is 23.5 Å². The standard InChI is InChI=1S/C8H8O7/c1-15-6(10)3-4(7(11)12)2-5(9)8(13)14/h2-3,9H,1H3,(H,11,12)(H,13,14)/p-2/b4-3-,5-2-. The summed E-state index contributed by atoms with van der Waals surface area (Å²) >= 11 is 0. The Bertz CT molecular complexity index is 350. The summed E-state index contributed by atoms with van der Waals surface area (Å²) in [7, 11) is 0.991. The lowest BCUT2D eigenvalue weighted by atomic mass is 10.2. The molecule has 0 amide bonds. The topological polar surface area (TPSA) is 127 Å². The molecule has 0 aliphatic rings. The lowest BCUT2D eigenvalue weighted by Crippen LogP contribution is -2.26. The van der Waals surface area contributed by atoms with Gasteiger partial charge < -0.3 is 24.9 Å². The van der Waals surface area contributed by atoms with Crippen LogP contribution < -0.4 is 10.2 Å². The van der Waals surface area contributed by atoms with E-state index in [2.05, 4.69) is 4.74 Å². The van der Waals surface area contributed by atoms with Crippen molar-refractivity contribution in [2.24, 2.45) is 0 Å². The summed E-state index contributed by atoms with van der Waals surface area (Å²) in [5.41, 5.74) is -0.866. The Morgan fingerprint density at radius 1 is 1.20 bits per heavy atom. The average molecular weight is 214 g/mol. The number of carboxylic acids is 2. The van der Waals surface area contributed by atoms with Gasteiger partial charge in [-0.3, -0.25) is 0 Å². The summed E-state index contributed by atoms with van der Waals surface area (Å²) in [5, 5.41) is 29.1. The molecule has 15 heavy (non-hydrogen) atoms. The molecule has 0 spiro atoms. The van der Waals surface area contributed by atoms with Gasteiger partial charge in [-0.25, -0.2) is 9.59 Å². The van der Waals surface area contributed by atoms with E-state index in [0.717, 1.165) is 7.11 Å². The van der Waals surface area contributed by atoms with E-state index < -0.39 is 29.2 Å². The molecule has 0 saturated carbocycles. The van der Waals surface area contributed by atoms with Crippen LogP contribution in [0.4, 0.5) is 0 Å². The number of hydrogen-bond acceptors (Lipinski definition) is 6. The molecule has 0 bridgehead atoms. The Balaban J connectivity index is 5.09. The predicted molar refractivity (Wildman–Crippen MR) is 40.8 cm³/mol. The van der Waals surface area contributed by atoms with E-state index in [1.54, 1.807) is 0 Å². The number of aliphatic carboxylic acids is 2. The fourth-order valence-electron chi connectivity index (χ4n) is 0.548. The maximum atomic E-state index is 10.6. The molecule has 7 nitrogen and oxygen atoms in total. The zero-order valence-electron chi connectivity index (χ0n) is 7.55. The Labute approximate surface area is 83.9 Å². The maximum absolute atomic E-state index is 10.6. The first kappa shape index (κ1) is 12.7. The van der Waals surface area contributed by atoms with Crippen molar-refractivity contribution in [3.8, 4) is 0 Å². The van der Waals surface area contributed by atoms with E-state index in [9.17, 15) is 24.6 Å². The minimum Gasteiger partial charge on any atom is -0.868 e. The van der Waals surface area contributed by atoms with Crippen molar-refractivity contribution >= 4 is 17.9 Å². The molecule has 0 heterocycles. The molecular weight excluding hydrogens is 208 g/mol. The van der Waals surface area contributed by atoms with Crippen LogP contribution in [0.1, 0.15) is 0 Å². The number of methoxy groups -OCH3 is 1. The highest BCUT2D eigenvalue weighted by molar-refractivity contribution is 5.98. The second-order valence-electron chi connectivity index (χ2n) is 2.22. The van der Waals surface area contributed by atoms with Crippen LogP contribution in [0.5, 0.6) is 0 Å². The fourth-order valence-corrected chi connectivity index (χ4v) is 0.548. The SMILES string of the molecule is COC(=O)/C=C(/C=C(\[O-])C(=O)O)C(=O)[O-]. The number of carboxylic acid groups (broad SMARTS) is 2. The molecule has 1 N–H and O–H groups in total. The number of carbonyl (C=O) groups excluding carboxylic acids is 2. The Hall–Kier alpha value is -2.31. The van der Waals surface area contributed by atoms with Gasteiger partial charge in [0, 0.05) is 11.6 Å². The van der Waals surface area contributed by atoms with Gasteiger partial charge in [0.15, 0.2) is 0 Å². The summed E-state index contributed by atoms with van der Waals surface area (Å²) in [5.74, 6) is -6.21. The van der Waals surface area contributed by atoms with Gasteiger partial charge in [-0.1, -0.05) is 6.08 Å². The predicted octanol–water partition coefficient (Wildman–Crippen LogP) is -2.84. The summed E-state index contributed by atoms with van der Waals surface area (Å²) < 4.78 is 4.09. The highest BCUT2D eigenvalue weighted by Crippen LogP contribution is 1.99. The van der Waals surface area contributed by atoms with Gasteiger partial charge in [0.2, 0.25) is 0 Å². The molecule has 0 radical (unpaired) electrons. The van der Waals surface area contributed by atoms with Crippen LogP contribution in [0, 0.1) is 0 Å². The molecular formula is C8H6O7-2. The smallest absolute Gasteiger partial charge is 0.331 e. The number of rotatable bonds is 4. The molecule has 0 aromatic heterocycles. The van der Waals surface area contributed by atoms with Gasteiger partial charge in [0.1, 0.15) is 0 Å². The Morgan fingerprint density at radius 3 is 2.07 bits per heavy atom. The monoisotopic (exact) mass is 214 g/mol. The van der Waals surface area contributed by atoms with Gasteiger partial charge in [-0.15, -0.1) is 0 Å². The summed E-state index contributed by atoms with van der Waals surface area (Å²) in [6, 6.07) is 0. The number of ether oxygens (including phenoxy) is 1. The average Bonchev–Trinajstić information content (AvgIpc) is 2.15. The first-order valence-corrected chi connectivity index (χ1v) is 3.51. The van der Waals surface area contributed by atoms with Crippen molar-refractivity contribution < 1.29 is 34.4 Å². The van der Waals surface area contributed by atoms with Crippen LogP contribution in [-0.2, 0) is 19.1 Å². The molecule has 0 atom stereocenters. The van der Waals surface area contributed by atoms with Crippen molar-refractivity contribution in [2.45, 2.75) is 0 Å². The van der Waals surface area contributed by atoms with E-state index in [-0.39, 0.29) is 6.08 Å². The number of esters is 1. The van der Waals surface area contributed by atoms with Crippen molar-refractivity contribution in [2.75, 3.05) is 7.11 Å². The van der Waals surface area contributed by atoms with E-state index in [4.69, 9.17) is 5.11 Å². The normalized spacial score (nSPS) is 12.1. The summed E-state index contributed by atoms with van der Waals surface area (Å²) in [6.45, 7) is 0. The lowest BCUT2D eigenvalue weighted by Gasteiger charge is -2.08. The molecule has 0 fully saturated rings. The minimum atomic E-state index is -1.85. The molecule has 0 unspecified atom stereocenters. The van der Waals surface area contributed by atoms with Gasteiger partial charge in [0.25, 0.3) is 0 Å². The largest absolute Gasteiger partial charge is 0.868 e. The van der Waals surface area contributed by atoms with Gasteiger partial charge in [-0.2, -0.15) is 0 Å². The van der Waals surface area contributed by atoms with Crippen LogP contribution in [-0.4, -0.2) is 30.1 Å². The van der Waals surface area contributed by atoms with Crippen molar-refractivity contribution in [3.63, 3.8) is 0 Å². The first-order valence-electron chi connectivity index (χ1n) is 3.51. The van der Waals surface area contributed by atoms with Crippen molar-refractivity contribution in [1.29, 1.82) is 0 Å². The molecule has 0 aromatic rings. The Kier molecular flexibility index (Phi) is 4.59. The first-order chi connectivity index (χ1) is 6.88. The molecule has 0 rings (SSSR count). The second kappa shape index (κ2) is 5.43. The minimum absolute atomic E-state index is 0.259. The van der Waals surface area contributed by atoms with Crippen LogP contribution in [0.2, 0.25) is 0 Å². The van der Waals surface area contributed by atoms with Gasteiger partial charge in [0.05, 0.1) is 13.1 Å². The third-order valence-corrected chi connectivity index (χ3v) is 1.21. The molecule has 7 heteroatoms. The lowest BCUT2D eigenvalue weighted by molar-refractivity contribution is -0.305. The zero-order valence-corrected chi connectivity index (χ0v) is 7.55. The highest BCUT2D eigenvalue weighted by Gasteiger charge is 2.02. The fraction of sp³-hybridized carbons (Fsp3) is 0.125. The van der Waals surface area contributed by atoms with Gasteiger partial charge >= 0.3 is 11.9 Å². The second-order valence-corrected chi connectivity index (χ2v) is 2.22. The van der Waals surface area contributed by atoms with E-state index >= 15 is 0 Å². The quantitative estimate of drug-likeness (QED) is 0.231. The molecule has 0 aliphatic heterocycles. The van der Waals surface area contributed by atoms with Crippen LogP contribution in [0.3, 0.4) is 0 Å². The number of hydrogen-bond donors (Lipinski definition) is 1. The van der Waals surface area contributed by atoms with Crippen LogP contribution >= 0.6 is 0 Å². The third kappa shape index (κ3) is 4.46. The highest BCUT2D eigenvalue weighted by atomic mass is 16.5. The van der Waals surface area contributed by atoms with E-state index in [0.29, 0.717) is 6.08 Å². The Morgan fingerprint density at radius 2 is 1.73 bits per heavy atom. The summed E-state index contributed by atoms with van der Waals surface area (Å²) in [4.78, 5) is 31.0. The summed E-state index contributed by atoms with van der Waals surface area (Å²) in [6.07, 6.45) is 0.699. The van der Waals surface area contributed by atoms with Crippen molar-refractivity contribution in [1.82, 2.24) is 0 Å². The molecule has 0 aromatic carbocycles. The van der Waals surface area contributed by atoms with Crippen LogP contribution in [0.25, 0.3) is 0 Å². The molecule has 0 aliphatic carbocycles.